The fourth-order valence-corrected chi connectivity index (χ4v) is 4.64. The Morgan fingerprint density at radius 3 is 2.27 bits per heavy atom. The second kappa shape index (κ2) is 10.9. The Bertz CT molecular complexity index is 1630. The van der Waals surface area contributed by atoms with Gasteiger partial charge in [-0.05, 0) is 54.1 Å². The van der Waals surface area contributed by atoms with E-state index in [1.165, 1.54) is 6.21 Å². The van der Waals surface area contributed by atoms with E-state index in [9.17, 15) is 9.59 Å². The van der Waals surface area contributed by atoms with E-state index in [0.29, 0.717) is 22.6 Å². The number of ether oxygens (including phenoxy) is 1. The van der Waals surface area contributed by atoms with Crippen LogP contribution in [-0.4, -0.2) is 23.1 Å². The largest absolute Gasteiger partial charge is 0.422 e. The maximum absolute atomic E-state index is 13.2. The SMILES string of the molecule is O=C(Oc1ccc(Br)cc1C=NNC(=O)c1[nH]c2ccc(Br)cc2c1-c1ccccc1)c1ccccc1. The van der Waals surface area contributed by atoms with Gasteiger partial charge in [0.15, 0.2) is 0 Å². The van der Waals surface area contributed by atoms with Crippen LogP contribution in [0.15, 0.2) is 111 Å². The molecular formula is C29H19Br2N3O3. The third kappa shape index (κ3) is 5.55. The van der Waals surface area contributed by atoms with Crippen molar-refractivity contribution in [3.8, 4) is 16.9 Å². The van der Waals surface area contributed by atoms with Crippen LogP contribution in [-0.2, 0) is 0 Å². The van der Waals surface area contributed by atoms with Crippen LogP contribution < -0.4 is 10.2 Å². The number of hydrogen-bond donors (Lipinski definition) is 2. The molecule has 0 unspecified atom stereocenters. The highest BCUT2D eigenvalue weighted by atomic mass is 79.9. The van der Waals surface area contributed by atoms with Crippen molar-refractivity contribution in [2.75, 3.05) is 0 Å². The van der Waals surface area contributed by atoms with Crippen LogP contribution in [0.2, 0.25) is 0 Å². The van der Waals surface area contributed by atoms with Gasteiger partial charge in [0.2, 0.25) is 0 Å². The molecular weight excluding hydrogens is 598 g/mol. The molecule has 0 aliphatic carbocycles. The van der Waals surface area contributed by atoms with Gasteiger partial charge in [0.25, 0.3) is 5.91 Å². The van der Waals surface area contributed by atoms with E-state index in [-0.39, 0.29) is 0 Å². The van der Waals surface area contributed by atoms with Crippen LogP contribution in [0, 0.1) is 0 Å². The topological polar surface area (TPSA) is 83.5 Å². The molecule has 0 aliphatic heterocycles. The van der Waals surface area contributed by atoms with E-state index in [4.69, 9.17) is 4.74 Å². The number of rotatable bonds is 6. The van der Waals surface area contributed by atoms with Crippen LogP contribution in [0.4, 0.5) is 0 Å². The van der Waals surface area contributed by atoms with Crippen molar-refractivity contribution in [1.29, 1.82) is 0 Å². The molecule has 37 heavy (non-hydrogen) atoms. The summed E-state index contributed by atoms with van der Waals surface area (Å²) in [4.78, 5) is 29.0. The van der Waals surface area contributed by atoms with Gasteiger partial charge in [-0.3, -0.25) is 4.79 Å². The summed E-state index contributed by atoms with van der Waals surface area (Å²) >= 11 is 6.95. The normalized spacial score (nSPS) is 11.1. The molecule has 5 aromatic rings. The summed E-state index contributed by atoms with van der Waals surface area (Å²) in [6.45, 7) is 0. The highest BCUT2D eigenvalue weighted by molar-refractivity contribution is 9.10. The standard InChI is InChI=1S/C29H19Br2N3O3/c30-21-12-14-25(37-29(36)19-9-5-2-6-10-19)20(15-21)17-32-34-28(35)27-26(18-7-3-1-4-8-18)23-16-22(31)11-13-24(23)33-27/h1-17,33H,(H,34,35). The number of halogens is 2. The van der Waals surface area contributed by atoms with Gasteiger partial charge in [0.1, 0.15) is 11.4 Å². The molecule has 6 nitrogen and oxygen atoms in total. The third-order valence-electron chi connectivity index (χ3n) is 5.60. The minimum Gasteiger partial charge on any atom is -0.422 e. The summed E-state index contributed by atoms with van der Waals surface area (Å²) in [6, 6.07) is 29.4. The monoisotopic (exact) mass is 615 g/mol. The van der Waals surface area contributed by atoms with Crippen molar-refractivity contribution in [1.82, 2.24) is 10.4 Å². The lowest BCUT2D eigenvalue weighted by Gasteiger charge is -2.08. The van der Waals surface area contributed by atoms with Gasteiger partial charge >= 0.3 is 5.97 Å². The molecule has 0 bridgehead atoms. The van der Waals surface area contributed by atoms with Gasteiger partial charge in [-0.25, -0.2) is 10.2 Å². The Labute approximate surface area is 229 Å². The number of amides is 1. The van der Waals surface area contributed by atoms with E-state index in [1.807, 2.05) is 54.6 Å². The maximum Gasteiger partial charge on any atom is 0.343 e. The van der Waals surface area contributed by atoms with Crippen LogP contribution >= 0.6 is 31.9 Å². The Morgan fingerprint density at radius 1 is 0.838 bits per heavy atom. The zero-order chi connectivity index (χ0) is 25.8. The zero-order valence-corrected chi connectivity index (χ0v) is 22.4. The summed E-state index contributed by atoms with van der Waals surface area (Å²) in [6.07, 6.45) is 1.44. The molecule has 0 radical (unpaired) electrons. The number of aromatic amines is 1. The number of nitrogens with zero attached hydrogens (tertiary/aromatic N) is 1. The molecule has 1 aromatic heterocycles. The van der Waals surface area contributed by atoms with Gasteiger partial charge < -0.3 is 9.72 Å². The maximum atomic E-state index is 13.2. The quantitative estimate of drug-likeness (QED) is 0.0906. The Morgan fingerprint density at radius 2 is 1.51 bits per heavy atom. The predicted octanol–water partition coefficient (Wildman–Crippen LogP) is 7.34. The molecule has 5 rings (SSSR count). The molecule has 1 amide bonds. The van der Waals surface area contributed by atoms with Gasteiger partial charge in [0, 0.05) is 31.0 Å². The predicted molar refractivity (Wildman–Crippen MR) is 152 cm³/mol. The first-order chi connectivity index (χ1) is 18.0. The van der Waals surface area contributed by atoms with Crippen molar-refractivity contribution in [3.05, 3.63) is 123 Å². The van der Waals surface area contributed by atoms with Crippen molar-refractivity contribution in [2.45, 2.75) is 0 Å². The zero-order valence-electron chi connectivity index (χ0n) is 19.2. The first kappa shape index (κ1) is 24.7. The fourth-order valence-electron chi connectivity index (χ4n) is 3.90. The molecule has 0 fully saturated rings. The number of H-pyrrole nitrogens is 1. The van der Waals surface area contributed by atoms with E-state index >= 15 is 0 Å². The number of benzene rings is 4. The number of fused-ring (bicyclic) bond motifs is 1. The molecule has 0 spiro atoms. The minimum absolute atomic E-state index is 0.315. The second-order valence-corrected chi connectivity index (χ2v) is 9.90. The molecule has 8 heteroatoms. The second-order valence-electron chi connectivity index (χ2n) is 8.07. The van der Waals surface area contributed by atoms with Gasteiger partial charge in [-0.2, -0.15) is 5.10 Å². The van der Waals surface area contributed by atoms with Gasteiger partial charge in [0.05, 0.1) is 11.8 Å². The Hall–Kier alpha value is -4.01. The fraction of sp³-hybridized carbons (Fsp3) is 0. The summed E-state index contributed by atoms with van der Waals surface area (Å²) in [5.74, 6) is -0.575. The first-order valence-electron chi connectivity index (χ1n) is 11.3. The van der Waals surface area contributed by atoms with Crippen molar-refractivity contribution >= 4 is 60.9 Å². The molecule has 0 saturated heterocycles. The van der Waals surface area contributed by atoms with Gasteiger partial charge in [-0.1, -0.05) is 80.4 Å². The molecule has 0 saturated carbocycles. The minimum atomic E-state index is -0.488. The van der Waals surface area contributed by atoms with Crippen molar-refractivity contribution in [2.24, 2.45) is 5.10 Å². The van der Waals surface area contributed by atoms with Crippen LogP contribution in [0.5, 0.6) is 5.75 Å². The number of hydrogen-bond acceptors (Lipinski definition) is 4. The van der Waals surface area contributed by atoms with Gasteiger partial charge in [-0.15, -0.1) is 0 Å². The average molecular weight is 617 g/mol. The molecule has 0 atom stereocenters. The number of aromatic nitrogens is 1. The number of carbonyl (C=O) groups excluding carboxylic acids is 2. The smallest absolute Gasteiger partial charge is 0.343 e. The molecule has 182 valence electrons. The summed E-state index contributed by atoms with van der Waals surface area (Å²) in [7, 11) is 0. The summed E-state index contributed by atoms with van der Waals surface area (Å²) < 4.78 is 7.26. The summed E-state index contributed by atoms with van der Waals surface area (Å²) in [5, 5.41) is 5.07. The van der Waals surface area contributed by atoms with E-state index in [0.717, 1.165) is 31.0 Å². The Kier molecular flexibility index (Phi) is 7.30. The number of nitrogens with one attached hydrogen (secondary N) is 2. The highest BCUT2D eigenvalue weighted by Gasteiger charge is 2.19. The Balaban J connectivity index is 1.42. The van der Waals surface area contributed by atoms with Crippen molar-refractivity contribution in [3.63, 3.8) is 0 Å². The van der Waals surface area contributed by atoms with Crippen LogP contribution in [0.25, 0.3) is 22.0 Å². The molecule has 1 heterocycles. The van der Waals surface area contributed by atoms with E-state index < -0.39 is 11.9 Å². The molecule has 2 N–H and O–H groups in total. The third-order valence-corrected chi connectivity index (χ3v) is 6.59. The lowest BCUT2D eigenvalue weighted by atomic mass is 10.0. The molecule has 4 aromatic carbocycles. The summed E-state index contributed by atoms with van der Waals surface area (Å²) in [5.41, 5.74) is 6.45. The average Bonchev–Trinajstić information content (AvgIpc) is 3.30. The molecule has 0 aliphatic rings. The lowest BCUT2D eigenvalue weighted by molar-refractivity contribution is 0.0734. The number of carbonyl (C=O) groups is 2. The number of esters is 1. The van der Waals surface area contributed by atoms with Crippen LogP contribution in [0.3, 0.4) is 0 Å². The highest BCUT2D eigenvalue weighted by Crippen LogP contribution is 2.34. The number of hydrazone groups is 1. The van der Waals surface area contributed by atoms with E-state index in [2.05, 4.69) is 47.4 Å². The van der Waals surface area contributed by atoms with Crippen molar-refractivity contribution < 1.29 is 14.3 Å². The van der Waals surface area contributed by atoms with Crippen LogP contribution in [0.1, 0.15) is 26.4 Å². The first-order valence-corrected chi connectivity index (χ1v) is 12.8. The van der Waals surface area contributed by atoms with E-state index in [1.54, 1.807) is 42.5 Å². The lowest BCUT2D eigenvalue weighted by Crippen LogP contribution is -2.19.